The van der Waals surface area contributed by atoms with Crippen molar-refractivity contribution < 1.29 is 5.21 Å². The molecule has 0 saturated carbocycles. The van der Waals surface area contributed by atoms with Gasteiger partial charge in [0.15, 0.2) is 0 Å². The van der Waals surface area contributed by atoms with Crippen LogP contribution in [-0.2, 0) is 0 Å². The summed E-state index contributed by atoms with van der Waals surface area (Å²) in [5.74, 6) is 1.10. The van der Waals surface area contributed by atoms with E-state index in [9.17, 15) is 0 Å². The molecule has 3 N–H and O–H groups in total. The molecule has 0 aromatic carbocycles. The number of nitrogens with zero attached hydrogens (tertiary/aromatic N) is 2. The van der Waals surface area contributed by atoms with E-state index in [-0.39, 0.29) is 0 Å². The lowest BCUT2D eigenvalue weighted by atomic mass is 10.1. The summed E-state index contributed by atoms with van der Waals surface area (Å²) in [5, 5.41) is 11.3. The molecular formula is C11H25N3O. The van der Waals surface area contributed by atoms with Crippen molar-refractivity contribution in [3.8, 4) is 0 Å². The van der Waals surface area contributed by atoms with Gasteiger partial charge in [-0.3, -0.25) is 0 Å². The summed E-state index contributed by atoms with van der Waals surface area (Å²) in [6.45, 7) is 6.73. The van der Waals surface area contributed by atoms with Crippen LogP contribution in [0.4, 0.5) is 0 Å². The summed E-state index contributed by atoms with van der Waals surface area (Å²) in [4.78, 5) is 2.34. The summed E-state index contributed by atoms with van der Waals surface area (Å²) >= 11 is 0. The second-order valence-corrected chi connectivity index (χ2v) is 4.53. The Bertz CT molecular complexity index is 181. The highest BCUT2D eigenvalue weighted by Gasteiger charge is 2.00. The van der Waals surface area contributed by atoms with Gasteiger partial charge < -0.3 is 15.8 Å². The summed E-state index contributed by atoms with van der Waals surface area (Å²) in [7, 11) is 2.14. The van der Waals surface area contributed by atoms with Gasteiger partial charge in [-0.1, -0.05) is 19.0 Å². The third kappa shape index (κ3) is 9.53. The predicted molar refractivity (Wildman–Crippen MR) is 64.2 cm³/mol. The lowest BCUT2D eigenvalue weighted by Crippen LogP contribution is -2.22. The lowest BCUT2D eigenvalue weighted by Gasteiger charge is -2.17. The molecule has 0 heterocycles. The van der Waals surface area contributed by atoms with Gasteiger partial charge in [0.1, 0.15) is 5.84 Å². The molecule has 0 atom stereocenters. The van der Waals surface area contributed by atoms with Crippen LogP contribution in [0.1, 0.15) is 39.5 Å². The molecule has 0 fully saturated rings. The van der Waals surface area contributed by atoms with Crippen LogP contribution in [-0.4, -0.2) is 36.1 Å². The summed E-state index contributed by atoms with van der Waals surface area (Å²) in [5.41, 5.74) is 5.37. The van der Waals surface area contributed by atoms with Crippen LogP contribution in [0.5, 0.6) is 0 Å². The summed E-state index contributed by atoms with van der Waals surface area (Å²) in [6, 6.07) is 0. The molecule has 0 saturated heterocycles. The van der Waals surface area contributed by atoms with Crippen molar-refractivity contribution in [2.75, 3.05) is 20.1 Å². The quantitative estimate of drug-likeness (QED) is 0.214. The maximum atomic E-state index is 8.34. The van der Waals surface area contributed by atoms with Crippen LogP contribution in [0.2, 0.25) is 0 Å². The molecule has 4 heteroatoms. The fourth-order valence-corrected chi connectivity index (χ4v) is 1.33. The normalized spacial score (nSPS) is 12.7. The van der Waals surface area contributed by atoms with E-state index >= 15 is 0 Å². The van der Waals surface area contributed by atoms with E-state index in [4.69, 9.17) is 10.9 Å². The van der Waals surface area contributed by atoms with Gasteiger partial charge in [0.2, 0.25) is 0 Å². The zero-order valence-corrected chi connectivity index (χ0v) is 10.2. The molecule has 0 unspecified atom stereocenters. The van der Waals surface area contributed by atoms with Gasteiger partial charge in [0.25, 0.3) is 0 Å². The second kappa shape index (κ2) is 8.53. The second-order valence-electron chi connectivity index (χ2n) is 4.53. The summed E-state index contributed by atoms with van der Waals surface area (Å²) < 4.78 is 0. The van der Waals surface area contributed by atoms with Crippen molar-refractivity contribution in [3.05, 3.63) is 0 Å². The van der Waals surface area contributed by atoms with E-state index in [0.29, 0.717) is 12.3 Å². The van der Waals surface area contributed by atoms with E-state index in [1.807, 2.05) is 0 Å². The molecule has 0 aromatic rings. The van der Waals surface area contributed by atoms with Crippen LogP contribution >= 0.6 is 0 Å². The van der Waals surface area contributed by atoms with Gasteiger partial charge in [-0.25, -0.2) is 0 Å². The molecule has 0 aromatic heterocycles. The Kier molecular flexibility index (Phi) is 8.09. The first-order chi connectivity index (χ1) is 7.06. The number of hydrogen-bond donors (Lipinski definition) is 2. The standard InChI is InChI=1S/C11H25N3O/c1-10(2)7-9-14(3)8-5-4-6-11(12)13-15/h10,15H,4-9H2,1-3H3,(H2,12,13). The molecule has 0 radical (unpaired) electrons. The summed E-state index contributed by atoms with van der Waals surface area (Å²) in [6.07, 6.45) is 4.03. The number of hydrogen-bond acceptors (Lipinski definition) is 3. The number of rotatable bonds is 8. The van der Waals surface area contributed by atoms with E-state index in [1.54, 1.807) is 0 Å². The molecule has 0 aliphatic carbocycles. The molecule has 0 aliphatic rings. The SMILES string of the molecule is CC(C)CCN(C)CCCC/C(N)=N/O. The van der Waals surface area contributed by atoms with E-state index in [0.717, 1.165) is 31.8 Å². The molecular weight excluding hydrogens is 190 g/mol. The monoisotopic (exact) mass is 215 g/mol. The van der Waals surface area contributed by atoms with Crippen molar-refractivity contribution >= 4 is 5.84 Å². The van der Waals surface area contributed by atoms with E-state index in [1.165, 1.54) is 6.42 Å². The predicted octanol–water partition coefficient (Wildman–Crippen LogP) is 1.88. The van der Waals surface area contributed by atoms with Gasteiger partial charge >= 0.3 is 0 Å². The van der Waals surface area contributed by atoms with Crippen LogP contribution in [0.15, 0.2) is 5.16 Å². The van der Waals surface area contributed by atoms with Crippen molar-refractivity contribution in [1.29, 1.82) is 0 Å². The van der Waals surface area contributed by atoms with Gasteiger partial charge in [-0.15, -0.1) is 0 Å². The zero-order valence-electron chi connectivity index (χ0n) is 10.2. The fraction of sp³-hybridized carbons (Fsp3) is 0.909. The Morgan fingerprint density at radius 3 is 2.53 bits per heavy atom. The Morgan fingerprint density at radius 2 is 2.00 bits per heavy atom. The Morgan fingerprint density at radius 1 is 1.33 bits per heavy atom. The molecule has 15 heavy (non-hydrogen) atoms. The Labute approximate surface area is 93.1 Å². The fourth-order valence-electron chi connectivity index (χ4n) is 1.33. The highest BCUT2D eigenvalue weighted by Crippen LogP contribution is 2.02. The third-order valence-electron chi connectivity index (χ3n) is 2.44. The van der Waals surface area contributed by atoms with Crippen molar-refractivity contribution in [3.63, 3.8) is 0 Å². The van der Waals surface area contributed by atoms with Gasteiger partial charge in [-0.05, 0) is 45.3 Å². The highest BCUT2D eigenvalue weighted by molar-refractivity contribution is 5.79. The largest absolute Gasteiger partial charge is 0.409 e. The molecule has 0 rings (SSSR count). The Balaban J connectivity index is 3.35. The molecule has 4 nitrogen and oxygen atoms in total. The van der Waals surface area contributed by atoms with Crippen LogP contribution in [0.3, 0.4) is 0 Å². The number of oxime groups is 1. The first-order valence-electron chi connectivity index (χ1n) is 5.71. The van der Waals surface area contributed by atoms with Gasteiger partial charge in [-0.2, -0.15) is 0 Å². The van der Waals surface area contributed by atoms with E-state index in [2.05, 4.69) is 31.0 Å². The van der Waals surface area contributed by atoms with Crippen LogP contribution < -0.4 is 5.73 Å². The average molecular weight is 215 g/mol. The maximum Gasteiger partial charge on any atom is 0.139 e. The lowest BCUT2D eigenvalue weighted by molar-refractivity contribution is 0.303. The minimum atomic E-state index is 0.333. The molecule has 0 aliphatic heterocycles. The average Bonchev–Trinajstić information content (AvgIpc) is 2.21. The number of unbranched alkanes of at least 4 members (excludes halogenated alkanes) is 1. The van der Waals surface area contributed by atoms with Crippen molar-refractivity contribution in [1.82, 2.24) is 4.90 Å². The smallest absolute Gasteiger partial charge is 0.139 e. The third-order valence-corrected chi connectivity index (χ3v) is 2.44. The van der Waals surface area contributed by atoms with Crippen molar-refractivity contribution in [2.45, 2.75) is 39.5 Å². The highest BCUT2D eigenvalue weighted by atomic mass is 16.4. The Hall–Kier alpha value is -0.770. The first kappa shape index (κ1) is 14.2. The van der Waals surface area contributed by atoms with Gasteiger partial charge in [0.05, 0.1) is 0 Å². The zero-order chi connectivity index (χ0) is 11.7. The van der Waals surface area contributed by atoms with Crippen molar-refractivity contribution in [2.24, 2.45) is 16.8 Å². The number of nitrogens with two attached hydrogens (primary N) is 1. The topological polar surface area (TPSA) is 61.8 Å². The molecule has 90 valence electrons. The number of amidine groups is 1. The van der Waals surface area contributed by atoms with Crippen LogP contribution in [0, 0.1) is 5.92 Å². The molecule has 0 bridgehead atoms. The van der Waals surface area contributed by atoms with Gasteiger partial charge in [0, 0.05) is 6.42 Å². The first-order valence-corrected chi connectivity index (χ1v) is 5.71. The molecule has 0 amide bonds. The maximum absolute atomic E-state index is 8.34. The minimum absolute atomic E-state index is 0.333. The van der Waals surface area contributed by atoms with Crippen LogP contribution in [0.25, 0.3) is 0 Å². The van der Waals surface area contributed by atoms with E-state index < -0.39 is 0 Å². The molecule has 0 spiro atoms. The minimum Gasteiger partial charge on any atom is -0.409 e.